The van der Waals surface area contributed by atoms with Crippen molar-refractivity contribution in [2.45, 2.75) is 39.8 Å². The van der Waals surface area contributed by atoms with Crippen LogP contribution < -0.4 is 5.32 Å². The molecule has 0 spiro atoms. The second kappa shape index (κ2) is 4.97. The van der Waals surface area contributed by atoms with Gasteiger partial charge in [0.25, 0.3) is 0 Å². The van der Waals surface area contributed by atoms with Crippen molar-refractivity contribution in [3.63, 3.8) is 0 Å². The van der Waals surface area contributed by atoms with E-state index in [1.165, 1.54) is 17.0 Å². The molecule has 3 heterocycles. The third-order valence-corrected chi connectivity index (χ3v) is 3.13. The Bertz CT molecular complexity index is 355. The average molecular weight is 223 g/mol. The number of nitrogens with one attached hydrogen (secondary N) is 1. The Morgan fingerprint density at radius 3 is 2.75 bits per heavy atom. The quantitative estimate of drug-likeness (QED) is 0.783. The molecular formula is C12H21N3O. The minimum atomic E-state index is 0.496. The van der Waals surface area contributed by atoms with Crippen molar-refractivity contribution < 1.29 is 4.74 Å². The lowest BCUT2D eigenvalue weighted by atomic mass is 10.1. The van der Waals surface area contributed by atoms with Crippen molar-refractivity contribution in [1.29, 1.82) is 0 Å². The van der Waals surface area contributed by atoms with E-state index in [4.69, 9.17) is 4.74 Å². The molecule has 4 nitrogen and oxygen atoms in total. The van der Waals surface area contributed by atoms with Gasteiger partial charge in [0, 0.05) is 30.8 Å². The van der Waals surface area contributed by atoms with E-state index in [1.54, 1.807) is 0 Å². The summed E-state index contributed by atoms with van der Waals surface area (Å²) in [5, 5.41) is 8.00. The van der Waals surface area contributed by atoms with E-state index in [2.05, 4.69) is 22.0 Å². The summed E-state index contributed by atoms with van der Waals surface area (Å²) in [6, 6.07) is 0.496. The molecule has 0 radical (unpaired) electrons. The molecule has 0 unspecified atom stereocenters. The number of fused-ring (bicyclic) bond motifs is 1. The largest absolute Gasteiger partial charge is 0.377 e. The topological polar surface area (TPSA) is 39.1 Å². The number of aromatic nitrogens is 2. The summed E-state index contributed by atoms with van der Waals surface area (Å²) in [4.78, 5) is 0. The van der Waals surface area contributed by atoms with Crippen LogP contribution in [-0.2, 0) is 17.7 Å². The van der Waals surface area contributed by atoms with Gasteiger partial charge in [-0.1, -0.05) is 13.8 Å². The Morgan fingerprint density at radius 1 is 1.38 bits per heavy atom. The fourth-order valence-electron chi connectivity index (χ4n) is 2.21. The molecule has 1 aromatic heterocycles. The molecule has 1 N–H and O–H groups in total. The first-order valence-electron chi connectivity index (χ1n) is 6.21. The fourth-order valence-corrected chi connectivity index (χ4v) is 2.21. The Labute approximate surface area is 97.0 Å². The van der Waals surface area contributed by atoms with Gasteiger partial charge in [-0.05, 0) is 6.92 Å². The minimum absolute atomic E-state index is 0.496. The number of hydrogen-bond acceptors (Lipinski definition) is 3. The van der Waals surface area contributed by atoms with Crippen LogP contribution in [-0.4, -0.2) is 29.5 Å². The van der Waals surface area contributed by atoms with Gasteiger partial charge in [0.2, 0.25) is 0 Å². The van der Waals surface area contributed by atoms with Gasteiger partial charge in [-0.15, -0.1) is 0 Å². The molecule has 2 aliphatic rings. The van der Waals surface area contributed by atoms with Gasteiger partial charge in [0.05, 0.1) is 24.9 Å². The number of hydrogen-bond donors (Lipinski definition) is 1. The number of aryl methyl sites for hydroxylation is 1. The molecule has 3 rings (SSSR count). The second-order valence-corrected chi connectivity index (χ2v) is 4.07. The van der Waals surface area contributed by atoms with Crippen molar-refractivity contribution in [1.82, 2.24) is 15.1 Å². The van der Waals surface area contributed by atoms with Crippen LogP contribution in [0.25, 0.3) is 0 Å². The Morgan fingerprint density at radius 2 is 2.12 bits per heavy atom. The van der Waals surface area contributed by atoms with Gasteiger partial charge in [0.15, 0.2) is 0 Å². The molecular weight excluding hydrogens is 202 g/mol. The smallest absolute Gasteiger partial charge is 0.0988 e. The first kappa shape index (κ1) is 11.6. The number of nitrogens with zero attached hydrogens (tertiary/aromatic N) is 2. The van der Waals surface area contributed by atoms with Crippen molar-refractivity contribution in [2.75, 3.05) is 19.8 Å². The van der Waals surface area contributed by atoms with E-state index in [0.717, 1.165) is 32.7 Å². The molecule has 0 aliphatic carbocycles. The molecule has 2 aliphatic heterocycles. The van der Waals surface area contributed by atoms with Crippen LogP contribution in [0.1, 0.15) is 36.8 Å². The predicted molar refractivity (Wildman–Crippen MR) is 63.6 cm³/mol. The van der Waals surface area contributed by atoms with Crippen molar-refractivity contribution in [3.8, 4) is 0 Å². The van der Waals surface area contributed by atoms with Gasteiger partial charge in [-0.2, -0.15) is 5.10 Å². The Kier molecular flexibility index (Phi) is 3.61. The molecule has 0 amide bonds. The van der Waals surface area contributed by atoms with E-state index >= 15 is 0 Å². The van der Waals surface area contributed by atoms with Gasteiger partial charge in [0.1, 0.15) is 0 Å². The van der Waals surface area contributed by atoms with Crippen molar-refractivity contribution in [2.24, 2.45) is 0 Å². The molecule has 0 atom stereocenters. The molecule has 90 valence electrons. The molecule has 4 heteroatoms. The van der Waals surface area contributed by atoms with E-state index in [-0.39, 0.29) is 0 Å². The summed E-state index contributed by atoms with van der Waals surface area (Å²) >= 11 is 0. The molecule has 16 heavy (non-hydrogen) atoms. The van der Waals surface area contributed by atoms with E-state index in [1.807, 2.05) is 13.8 Å². The highest BCUT2D eigenvalue weighted by atomic mass is 16.5. The van der Waals surface area contributed by atoms with E-state index in [0.29, 0.717) is 6.04 Å². The lowest BCUT2D eigenvalue weighted by Crippen LogP contribution is -2.34. The molecule has 0 aromatic carbocycles. The van der Waals surface area contributed by atoms with Gasteiger partial charge in [-0.3, -0.25) is 4.68 Å². The van der Waals surface area contributed by atoms with Crippen molar-refractivity contribution >= 4 is 0 Å². The van der Waals surface area contributed by atoms with Crippen LogP contribution in [0.4, 0.5) is 0 Å². The molecule has 1 saturated heterocycles. The molecule has 1 fully saturated rings. The normalized spacial score (nSPS) is 19.4. The number of ether oxygens (including phenoxy) is 1. The third-order valence-electron chi connectivity index (χ3n) is 3.13. The zero-order valence-electron chi connectivity index (χ0n) is 10.4. The first-order valence-corrected chi connectivity index (χ1v) is 6.21. The lowest BCUT2D eigenvalue weighted by molar-refractivity contribution is -0.0300. The maximum atomic E-state index is 5.21. The standard InChI is InChI=1S/C10H15N3O.C2H6/c1-7-9-4-11-3-2-10(9)13(12-7)8-5-14-6-8;1-2/h8,11H,2-6H2,1H3;1-2H3. The van der Waals surface area contributed by atoms with E-state index < -0.39 is 0 Å². The summed E-state index contributed by atoms with van der Waals surface area (Å²) in [7, 11) is 0. The Hall–Kier alpha value is -0.870. The van der Waals surface area contributed by atoms with Crippen LogP contribution in [0.2, 0.25) is 0 Å². The predicted octanol–water partition coefficient (Wildman–Crippen LogP) is 1.43. The van der Waals surface area contributed by atoms with Gasteiger partial charge in [-0.25, -0.2) is 0 Å². The Balaban J connectivity index is 0.000000457. The molecule has 0 saturated carbocycles. The van der Waals surface area contributed by atoms with Crippen LogP contribution in [0.5, 0.6) is 0 Å². The zero-order valence-corrected chi connectivity index (χ0v) is 10.4. The summed E-state index contributed by atoms with van der Waals surface area (Å²) < 4.78 is 7.40. The third kappa shape index (κ3) is 1.87. The highest BCUT2D eigenvalue weighted by molar-refractivity contribution is 5.28. The average Bonchev–Trinajstić information content (AvgIpc) is 2.58. The van der Waals surface area contributed by atoms with E-state index in [9.17, 15) is 0 Å². The summed E-state index contributed by atoms with van der Waals surface area (Å²) in [6.45, 7) is 9.82. The zero-order chi connectivity index (χ0) is 11.5. The number of rotatable bonds is 1. The van der Waals surface area contributed by atoms with Gasteiger partial charge < -0.3 is 10.1 Å². The van der Waals surface area contributed by atoms with Crippen LogP contribution in [0.15, 0.2) is 0 Å². The summed E-state index contributed by atoms with van der Waals surface area (Å²) in [6.07, 6.45) is 1.10. The van der Waals surface area contributed by atoms with Crippen molar-refractivity contribution in [3.05, 3.63) is 17.0 Å². The monoisotopic (exact) mass is 223 g/mol. The summed E-state index contributed by atoms with van der Waals surface area (Å²) in [5.74, 6) is 0. The molecule has 0 bridgehead atoms. The SMILES string of the molecule is CC.Cc1nn(C2COC2)c2c1CNCC2. The fraction of sp³-hybridized carbons (Fsp3) is 0.750. The van der Waals surface area contributed by atoms with Crippen LogP contribution in [0, 0.1) is 6.92 Å². The minimum Gasteiger partial charge on any atom is -0.377 e. The highest BCUT2D eigenvalue weighted by Gasteiger charge is 2.27. The van der Waals surface area contributed by atoms with Crippen LogP contribution >= 0.6 is 0 Å². The maximum Gasteiger partial charge on any atom is 0.0988 e. The maximum absolute atomic E-state index is 5.21. The molecule has 1 aromatic rings. The lowest BCUT2D eigenvalue weighted by Gasteiger charge is -2.28. The summed E-state index contributed by atoms with van der Waals surface area (Å²) in [5.41, 5.74) is 4.01. The first-order chi connectivity index (χ1) is 7.86. The second-order valence-electron chi connectivity index (χ2n) is 4.07. The highest BCUT2D eigenvalue weighted by Crippen LogP contribution is 2.24. The van der Waals surface area contributed by atoms with Crippen LogP contribution in [0.3, 0.4) is 0 Å². The van der Waals surface area contributed by atoms with Gasteiger partial charge >= 0.3 is 0 Å².